The number of nitrogens with zero attached hydrogens (tertiary/aromatic N) is 5. The highest BCUT2D eigenvalue weighted by Gasteiger charge is 2.28. The Balaban J connectivity index is 1.57. The first-order valence-corrected chi connectivity index (χ1v) is 14.0. The first kappa shape index (κ1) is 29.7. The molecule has 9 nitrogen and oxygen atoms in total. The summed E-state index contributed by atoms with van der Waals surface area (Å²) in [6, 6.07) is 17.8. The number of halogens is 2. The first-order chi connectivity index (χ1) is 20.7. The predicted octanol–water partition coefficient (Wildman–Crippen LogP) is 5.18. The number of aryl methyl sites for hydroxylation is 1. The number of aromatic nitrogens is 4. The van der Waals surface area contributed by atoms with E-state index in [1.54, 1.807) is 53.2 Å². The standard InChI is InChI=1S/C31H32BF2N7O2/c1-20(2)16-25-18-40(39-38-25)29-14-12-26(37-29)31(22-8-10-24(11-9-22)36-30(43)19-42)27-13-15-28(41(27)32(33)34)35-17-23-7-5-4-6-21(23)3/h4-15,18,20,35,42H,16-17,19H2,1-3H3,(H,36,43)/b31-26-. The zero-order valence-electron chi connectivity index (χ0n) is 24.1. The van der Waals surface area contributed by atoms with Gasteiger partial charge >= 0.3 is 7.40 Å². The quantitative estimate of drug-likeness (QED) is 0.223. The Kier molecular flexibility index (Phi) is 8.96. The Bertz CT molecular complexity index is 1700. The molecular weight excluding hydrogens is 551 g/mol. The third-order valence-electron chi connectivity index (χ3n) is 6.97. The fourth-order valence-corrected chi connectivity index (χ4v) is 4.89. The second-order valence-electron chi connectivity index (χ2n) is 10.6. The molecule has 1 amide bonds. The van der Waals surface area contributed by atoms with Crippen LogP contribution in [0.2, 0.25) is 0 Å². The summed E-state index contributed by atoms with van der Waals surface area (Å²) in [5, 5.41) is 23.3. The average Bonchev–Trinajstić information content (AvgIpc) is 3.74. The summed E-state index contributed by atoms with van der Waals surface area (Å²) >= 11 is 0. The normalized spacial score (nSPS) is 13.8. The number of benzene rings is 2. The number of aliphatic hydroxyl groups excluding tert-OH is 1. The topological polar surface area (TPSA) is 109 Å². The number of aliphatic hydroxyl groups is 1. The van der Waals surface area contributed by atoms with Crippen LogP contribution in [0.1, 0.15) is 41.9 Å². The van der Waals surface area contributed by atoms with Crippen molar-refractivity contribution in [3.63, 3.8) is 0 Å². The second kappa shape index (κ2) is 13.0. The van der Waals surface area contributed by atoms with Crippen molar-refractivity contribution in [1.82, 2.24) is 19.5 Å². The molecule has 4 aromatic rings. The molecule has 0 aliphatic carbocycles. The lowest BCUT2D eigenvalue weighted by Gasteiger charge is -2.16. The molecule has 0 bridgehead atoms. The molecule has 43 heavy (non-hydrogen) atoms. The molecule has 3 heterocycles. The lowest BCUT2D eigenvalue weighted by atomic mass is 9.98. The Labute approximate surface area is 248 Å². The van der Waals surface area contributed by atoms with Crippen LogP contribution in [0.4, 0.5) is 20.1 Å². The van der Waals surface area contributed by atoms with Gasteiger partial charge in [0.05, 0.1) is 23.4 Å². The zero-order valence-corrected chi connectivity index (χ0v) is 24.1. The molecular formula is C31H32BF2N7O2. The summed E-state index contributed by atoms with van der Waals surface area (Å²) in [5.41, 5.74) is 5.16. The molecule has 0 radical (unpaired) electrons. The molecule has 0 saturated carbocycles. The summed E-state index contributed by atoms with van der Waals surface area (Å²) in [6.45, 7) is 5.90. The number of allylic oxidation sites excluding steroid dienone is 2. The molecule has 3 N–H and O–H groups in total. The molecule has 2 aromatic heterocycles. The van der Waals surface area contributed by atoms with Crippen LogP contribution in [0.15, 0.2) is 89.7 Å². The summed E-state index contributed by atoms with van der Waals surface area (Å²) in [4.78, 5) is 16.4. The molecule has 220 valence electrons. The van der Waals surface area contributed by atoms with Crippen molar-refractivity contribution < 1.29 is 18.5 Å². The highest BCUT2D eigenvalue weighted by atomic mass is 19.2. The van der Waals surface area contributed by atoms with Gasteiger partial charge in [-0.3, -0.25) is 13.4 Å². The van der Waals surface area contributed by atoms with E-state index in [1.165, 1.54) is 0 Å². The van der Waals surface area contributed by atoms with Crippen molar-refractivity contribution in [2.24, 2.45) is 10.9 Å². The molecule has 12 heteroatoms. The van der Waals surface area contributed by atoms with Crippen molar-refractivity contribution in [3.05, 3.63) is 113 Å². The third-order valence-corrected chi connectivity index (χ3v) is 6.97. The van der Waals surface area contributed by atoms with Gasteiger partial charge in [0.25, 0.3) is 0 Å². The summed E-state index contributed by atoms with van der Waals surface area (Å²) in [6.07, 6.45) is 6.12. The highest BCUT2D eigenvalue weighted by molar-refractivity contribution is 6.42. The Hall–Kier alpha value is -4.84. The van der Waals surface area contributed by atoms with Gasteiger partial charge in [0, 0.05) is 23.5 Å². The maximum atomic E-state index is 14.7. The first-order valence-electron chi connectivity index (χ1n) is 14.0. The van der Waals surface area contributed by atoms with Gasteiger partial charge in [0.15, 0.2) is 5.84 Å². The lowest BCUT2D eigenvalue weighted by Crippen LogP contribution is -2.19. The average molecular weight is 583 g/mol. The Morgan fingerprint density at radius 3 is 2.51 bits per heavy atom. The van der Waals surface area contributed by atoms with E-state index in [1.807, 2.05) is 37.4 Å². The lowest BCUT2D eigenvalue weighted by molar-refractivity contribution is -0.118. The fraction of sp³-hybridized carbons (Fsp3) is 0.226. The molecule has 0 atom stereocenters. The van der Waals surface area contributed by atoms with Crippen molar-refractivity contribution in [2.75, 3.05) is 17.2 Å². The monoisotopic (exact) mass is 583 g/mol. The van der Waals surface area contributed by atoms with Crippen LogP contribution < -0.4 is 10.6 Å². The van der Waals surface area contributed by atoms with E-state index in [-0.39, 0.29) is 11.5 Å². The van der Waals surface area contributed by atoms with Gasteiger partial charge in [-0.1, -0.05) is 55.5 Å². The van der Waals surface area contributed by atoms with Crippen LogP contribution in [-0.4, -0.2) is 50.3 Å². The summed E-state index contributed by atoms with van der Waals surface area (Å²) in [7, 11) is -2.84. The number of hydrogen-bond donors (Lipinski definition) is 3. The number of carbonyl (C=O) groups excluding carboxylic acids is 1. The van der Waals surface area contributed by atoms with Crippen LogP contribution in [0.3, 0.4) is 0 Å². The van der Waals surface area contributed by atoms with E-state index in [0.29, 0.717) is 40.8 Å². The van der Waals surface area contributed by atoms with Crippen LogP contribution in [0, 0.1) is 12.8 Å². The Morgan fingerprint density at radius 1 is 1.05 bits per heavy atom. The van der Waals surface area contributed by atoms with E-state index in [0.717, 1.165) is 27.7 Å². The van der Waals surface area contributed by atoms with E-state index in [2.05, 4.69) is 34.8 Å². The predicted molar refractivity (Wildman–Crippen MR) is 165 cm³/mol. The van der Waals surface area contributed by atoms with Gasteiger partial charge in [-0.25, -0.2) is 9.67 Å². The number of carbonyl (C=O) groups is 1. The number of anilines is 2. The second-order valence-corrected chi connectivity index (χ2v) is 10.6. The van der Waals surface area contributed by atoms with E-state index in [9.17, 15) is 13.4 Å². The molecule has 2 aromatic carbocycles. The van der Waals surface area contributed by atoms with Crippen LogP contribution >= 0.6 is 0 Å². The number of aliphatic imine (C=N–C) groups is 1. The minimum Gasteiger partial charge on any atom is -0.387 e. The van der Waals surface area contributed by atoms with Gasteiger partial charge in [-0.2, -0.15) is 0 Å². The van der Waals surface area contributed by atoms with Crippen molar-refractivity contribution in [3.8, 4) is 0 Å². The molecule has 0 spiro atoms. The van der Waals surface area contributed by atoms with Crippen LogP contribution in [-0.2, 0) is 17.8 Å². The molecule has 5 rings (SSSR count). The van der Waals surface area contributed by atoms with Crippen LogP contribution in [0.5, 0.6) is 0 Å². The SMILES string of the molecule is Cc1ccccc1CNc1ccc(/C(=C2/C=CC(n3cc(CC(C)C)nn3)=N2)c2ccc(NC(=O)CO)cc2)n1B(F)F. The number of nitrogens with one attached hydrogen (secondary N) is 2. The zero-order chi connectivity index (χ0) is 30.5. The number of amides is 1. The number of rotatable bonds is 10. The molecule has 1 aliphatic heterocycles. The van der Waals surface area contributed by atoms with E-state index in [4.69, 9.17) is 10.1 Å². The smallest absolute Gasteiger partial charge is 0.387 e. The largest absolute Gasteiger partial charge is 0.679 e. The van der Waals surface area contributed by atoms with Crippen molar-refractivity contribution in [1.29, 1.82) is 0 Å². The van der Waals surface area contributed by atoms with Crippen LogP contribution in [0.25, 0.3) is 5.57 Å². The fourth-order valence-electron chi connectivity index (χ4n) is 4.89. The van der Waals surface area contributed by atoms with Gasteiger partial charge in [-0.15, -0.1) is 5.10 Å². The molecule has 0 saturated heterocycles. The maximum absolute atomic E-state index is 14.7. The third kappa shape index (κ3) is 6.81. The van der Waals surface area contributed by atoms with Crippen molar-refractivity contribution in [2.45, 2.75) is 33.7 Å². The molecule has 0 fully saturated rings. The highest BCUT2D eigenvalue weighted by Crippen LogP contribution is 2.34. The minimum absolute atomic E-state index is 0.262. The van der Waals surface area contributed by atoms with Gasteiger partial charge in [-0.05, 0) is 72.4 Å². The molecule has 1 aliphatic rings. The van der Waals surface area contributed by atoms with E-state index >= 15 is 0 Å². The molecule has 0 unspecified atom stereocenters. The van der Waals surface area contributed by atoms with Gasteiger partial charge in [0.1, 0.15) is 6.61 Å². The van der Waals surface area contributed by atoms with E-state index < -0.39 is 19.9 Å². The number of hydrogen-bond acceptors (Lipinski definition) is 6. The minimum atomic E-state index is -2.84. The maximum Gasteiger partial charge on any atom is 0.679 e. The van der Waals surface area contributed by atoms with Gasteiger partial charge < -0.3 is 20.2 Å². The Morgan fingerprint density at radius 2 is 1.81 bits per heavy atom. The van der Waals surface area contributed by atoms with Crippen molar-refractivity contribution >= 4 is 36.2 Å². The summed E-state index contributed by atoms with van der Waals surface area (Å²) in [5.74, 6) is 0.628. The summed E-state index contributed by atoms with van der Waals surface area (Å²) < 4.78 is 32.0. The van der Waals surface area contributed by atoms with Gasteiger partial charge in [0.2, 0.25) is 5.91 Å².